The Hall–Kier alpha value is -2.43. The highest BCUT2D eigenvalue weighted by molar-refractivity contribution is 5.52. The summed E-state index contributed by atoms with van der Waals surface area (Å²) in [6.45, 7) is 2.31. The summed E-state index contributed by atoms with van der Waals surface area (Å²) in [7, 11) is 0. The Morgan fingerprint density at radius 1 is 1.14 bits per heavy atom. The van der Waals surface area contributed by atoms with Crippen molar-refractivity contribution in [3.8, 4) is 0 Å². The fraction of sp³-hybridized carbons (Fsp3) is 0.250. The molecule has 1 N–H and O–H groups in total. The molecule has 2 aromatic rings. The summed E-state index contributed by atoms with van der Waals surface area (Å²) >= 11 is 0. The summed E-state index contributed by atoms with van der Waals surface area (Å²) in [5.74, 6) is -0.775. The van der Waals surface area contributed by atoms with Crippen LogP contribution in [0.2, 0.25) is 0 Å². The number of halogens is 1. The normalized spacial score (nSPS) is 10.4. The van der Waals surface area contributed by atoms with Gasteiger partial charge < -0.3 is 5.32 Å². The van der Waals surface area contributed by atoms with Gasteiger partial charge in [-0.05, 0) is 18.1 Å². The molecular formula is C16H17FN2O2. The van der Waals surface area contributed by atoms with Crippen molar-refractivity contribution in [2.45, 2.75) is 26.3 Å². The Labute approximate surface area is 122 Å². The van der Waals surface area contributed by atoms with Crippen molar-refractivity contribution in [2.24, 2.45) is 0 Å². The lowest BCUT2D eigenvalue weighted by atomic mass is 10.1. The van der Waals surface area contributed by atoms with E-state index in [1.165, 1.54) is 12.1 Å². The Morgan fingerprint density at radius 2 is 1.86 bits per heavy atom. The molecule has 0 aliphatic carbocycles. The van der Waals surface area contributed by atoms with Gasteiger partial charge in [0.25, 0.3) is 0 Å². The minimum atomic E-state index is -0.775. The number of nitrogens with zero attached hydrogens (tertiary/aromatic N) is 1. The van der Waals surface area contributed by atoms with Crippen LogP contribution in [0.25, 0.3) is 0 Å². The highest BCUT2D eigenvalue weighted by atomic mass is 19.1. The second-order valence-electron chi connectivity index (χ2n) is 4.77. The Balaban J connectivity index is 2.17. The maximum atomic E-state index is 14.0. The topological polar surface area (TPSA) is 55.2 Å². The molecule has 5 heteroatoms. The molecule has 0 aliphatic rings. The molecule has 110 valence electrons. The van der Waals surface area contributed by atoms with Crippen LogP contribution in [-0.4, -0.2) is 4.92 Å². The average Bonchev–Trinajstić information content (AvgIpc) is 2.47. The van der Waals surface area contributed by atoms with Gasteiger partial charge in [-0.2, -0.15) is 4.39 Å². The number of hydrogen-bond acceptors (Lipinski definition) is 3. The van der Waals surface area contributed by atoms with Gasteiger partial charge >= 0.3 is 5.69 Å². The van der Waals surface area contributed by atoms with Gasteiger partial charge in [0, 0.05) is 23.9 Å². The lowest BCUT2D eigenvalue weighted by molar-refractivity contribution is -0.387. The van der Waals surface area contributed by atoms with Crippen LogP contribution in [-0.2, 0) is 13.0 Å². The van der Waals surface area contributed by atoms with Crippen LogP contribution in [0.15, 0.2) is 42.5 Å². The van der Waals surface area contributed by atoms with Crippen LogP contribution in [0.1, 0.15) is 24.5 Å². The number of para-hydroxylation sites is 1. The predicted molar refractivity (Wildman–Crippen MR) is 80.8 cm³/mol. The van der Waals surface area contributed by atoms with Crippen LogP contribution in [0.3, 0.4) is 0 Å². The molecule has 0 fully saturated rings. The van der Waals surface area contributed by atoms with E-state index in [9.17, 15) is 14.5 Å². The number of rotatable bonds is 6. The van der Waals surface area contributed by atoms with Gasteiger partial charge in [-0.15, -0.1) is 0 Å². The van der Waals surface area contributed by atoms with Crippen molar-refractivity contribution >= 4 is 11.4 Å². The smallest absolute Gasteiger partial charge is 0.305 e. The molecule has 0 heterocycles. The van der Waals surface area contributed by atoms with Crippen molar-refractivity contribution in [1.82, 2.24) is 0 Å². The first-order valence-electron chi connectivity index (χ1n) is 6.87. The number of nitrogens with one attached hydrogen (secondary N) is 1. The first kappa shape index (κ1) is 15.0. The van der Waals surface area contributed by atoms with Gasteiger partial charge in [-0.3, -0.25) is 10.1 Å². The van der Waals surface area contributed by atoms with E-state index in [1.807, 2.05) is 24.3 Å². The van der Waals surface area contributed by atoms with Gasteiger partial charge in [-0.25, -0.2) is 0 Å². The van der Waals surface area contributed by atoms with Gasteiger partial charge in [0.1, 0.15) is 0 Å². The average molecular weight is 288 g/mol. The second-order valence-corrected chi connectivity index (χ2v) is 4.77. The number of nitro groups is 1. The van der Waals surface area contributed by atoms with Gasteiger partial charge in [-0.1, -0.05) is 43.7 Å². The van der Waals surface area contributed by atoms with E-state index >= 15 is 0 Å². The fourth-order valence-electron chi connectivity index (χ4n) is 2.21. The molecule has 0 aliphatic heterocycles. The van der Waals surface area contributed by atoms with E-state index in [0.29, 0.717) is 0 Å². The Morgan fingerprint density at radius 3 is 2.57 bits per heavy atom. The zero-order valence-corrected chi connectivity index (χ0v) is 11.8. The van der Waals surface area contributed by atoms with E-state index in [0.717, 1.165) is 24.1 Å². The summed E-state index contributed by atoms with van der Waals surface area (Å²) in [5, 5.41) is 13.9. The molecular weight excluding hydrogens is 271 g/mol. The minimum absolute atomic E-state index is 0.217. The third-order valence-electron chi connectivity index (χ3n) is 3.26. The predicted octanol–water partition coefficient (Wildman–Crippen LogP) is 4.30. The van der Waals surface area contributed by atoms with Gasteiger partial charge in [0.05, 0.1) is 4.92 Å². The highest BCUT2D eigenvalue weighted by Gasteiger charge is 2.16. The molecule has 0 amide bonds. The maximum Gasteiger partial charge on any atom is 0.305 e. The molecule has 0 spiro atoms. The molecule has 21 heavy (non-hydrogen) atoms. The second kappa shape index (κ2) is 6.83. The van der Waals surface area contributed by atoms with Crippen molar-refractivity contribution in [3.05, 3.63) is 69.5 Å². The zero-order chi connectivity index (χ0) is 15.2. The quantitative estimate of drug-likeness (QED) is 0.637. The van der Waals surface area contributed by atoms with E-state index in [2.05, 4.69) is 12.2 Å². The van der Waals surface area contributed by atoms with Crippen molar-refractivity contribution in [2.75, 3.05) is 5.32 Å². The molecule has 4 nitrogen and oxygen atoms in total. The lowest BCUT2D eigenvalue weighted by Gasteiger charge is -2.12. The molecule has 2 aromatic carbocycles. The minimum Gasteiger partial charge on any atom is -0.381 e. The number of benzene rings is 2. The number of aryl methyl sites for hydroxylation is 1. The summed E-state index contributed by atoms with van der Waals surface area (Å²) in [5.41, 5.74) is 1.89. The zero-order valence-electron chi connectivity index (χ0n) is 11.8. The number of hydrogen-bond donors (Lipinski definition) is 1. The van der Waals surface area contributed by atoms with Crippen LogP contribution in [0.5, 0.6) is 0 Å². The largest absolute Gasteiger partial charge is 0.381 e. The van der Waals surface area contributed by atoms with Crippen molar-refractivity contribution < 1.29 is 9.31 Å². The van der Waals surface area contributed by atoms with Gasteiger partial charge in [0.2, 0.25) is 5.82 Å². The summed E-state index contributed by atoms with van der Waals surface area (Å²) in [4.78, 5) is 10.0. The molecule has 0 unspecified atom stereocenters. The summed E-state index contributed by atoms with van der Waals surface area (Å²) in [6.07, 6.45) is 1.95. The molecule has 0 aromatic heterocycles. The van der Waals surface area contributed by atoms with Crippen molar-refractivity contribution in [1.29, 1.82) is 0 Å². The van der Waals surface area contributed by atoms with Crippen LogP contribution < -0.4 is 5.32 Å². The van der Waals surface area contributed by atoms with E-state index in [4.69, 9.17) is 0 Å². The van der Waals surface area contributed by atoms with E-state index in [-0.39, 0.29) is 12.1 Å². The van der Waals surface area contributed by atoms with Gasteiger partial charge in [0.15, 0.2) is 0 Å². The van der Waals surface area contributed by atoms with E-state index in [1.54, 1.807) is 6.07 Å². The molecule has 2 rings (SSSR count). The maximum absolute atomic E-state index is 14.0. The summed E-state index contributed by atoms with van der Waals surface area (Å²) in [6, 6.07) is 12.0. The Kier molecular flexibility index (Phi) is 4.87. The SMILES string of the molecule is CCCc1ccccc1NCc1cccc([N+](=O)[O-])c1F. The summed E-state index contributed by atoms with van der Waals surface area (Å²) < 4.78 is 14.0. The fourth-order valence-corrected chi connectivity index (χ4v) is 2.21. The van der Waals surface area contributed by atoms with Crippen molar-refractivity contribution in [3.63, 3.8) is 0 Å². The Bertz CT molecular complexity index is 644. The third kappa shape index (κ3) is 3.56. The molecule has 0 saturated carbocycles. The standard InChI is InChI=1S/C16H17FN2O2/c1-2-6-12-7-3-4-9-14(12)18-11-13-8-5-10-15(16(13)17)19(20)21/h3-5,7-10,18H,2,6,11H2,1H3. The molecule has 0 atom stereocenters. The number of anilines is 1. The number of nitro benzene ring substituents is 1. The molecule has 0 saturated heterocycles. The van der Waals surface area contributed by atoms with E-state index < -0.39 is 16.4 Å². The lowest BCUT2D eigenvalue weighted by Crippen LogP contribution is -2.05. The van der Waals surface area contributed by atoms with Crippen LogP contribution in [0.4, 0.5) is 15.8 Å². The first-order valence-corrected chi connectivity index (χ1v) is 6.87. The molecule has 0 bridgehead atoms. The monoisotopic (exact) mass is 288 g/mol. The first-order chi connectivity index (χ1) is 10.1. The van der Waals surface area contributed by atoms with Crippen LogP contribution >= 0.6 is 0 Å². The molecule has 0 radical (unpaired) electrons. The highest BCUT2D eigenvalue weighted by Crippen LogP contribution is 2.22. The van der Waals surface area contributed by atoms with Crippen LogP contribution in [0, 0.1) is 15.9 Å². The third-order valence-corrected chi connectivity index (χ3v) is 3.26.